The molecule has 0 saturated carbocycles. The van der Waals surface area contributed by atoms with Crippen molar-refractivity contribution in [3.63, 3.8) is 0 Å². The minimum atomic E-state index is -0.244. The van der Waals surface area contributed by atoms with Gasteiger partial charge in [-0.25, -0.2) is 0 Å². The van der Waals surface area contributed by atoms with Crippen LogP contribution >= 0.6 is 0 Å². The molecule has 4 nitrogen and oxygen atoms in total. The third kappa shape index (κ3) is 2.91. The van der Waals surface area contributed by atoms with Crippen LogP contribution in [0.3, 0.4) is 0 Å². The number of aromatic hydroxyl groups is 1. The molecule has 0 aliphatic carbocycles. The van der Waals surface area contributed by atoms with Crippen molar-refractivity contribution in [2.45, 2.75) is 13.8 Å². The van der Waals surface area contributed by atoms with E-state index in [4.69, 9.17) is 4.74 Å². The van der Waals surface area contributed by atoms with Gasteiger partial charge in [-0.1, -0.05) is 12.1 Å². The van der Waals surface area contributed by atoms with Crippen molar-refractivity contribution in [3.8, 4) is 11.5 Å². The van der Waals surface area contributed by atoms with Crippen LogP contribution in [0.2, 0.25) is 0 Å². The van der Waals surface area contributed by atoms with Crippen LogP contribution in [0.4, 0.5) is 5.69 Å². The smallest absolute Gasteiger partial charge is 0.255 e. The number of carbonyl (C=O) groups is 1. The molecule has 0 saturated heterocycles. The molecule has 2 rings (SSSR count). The summed E-state index contributed by atoms with van der Waals surface area (Å²) >= 11 is 0. The van der Waals surface area contributed by atoms with E-state index in [1.807, 2.05) is 13.0 Å². The molecule has 0 bridgehead atoms. The number of anilines is 1. The molecule has 2 N–H and O–H groups in total. The lowest BCUT2D eigenvalue weighted by Crippen LogP contribution is -2.12. The highest BCUT2D eigenvalue weighted by molar-refractivity contribution is 6.04. The standard InChI is InChI=1S/C16H17NO3/c1-10-5-7-13(9-14(10)18)17-16(19)12-6-4-11(2)15(8-12)20-3/h4-9,18H,1-3H3,(H,17,19). The topological polar surface area (TPSA) is 58.6 Å². The number of aryl methyl sites for hydroxylation is 2. The van der Waals surface area contributed by atoms with Crippen LogP contribution in [0.1, 0.15) is 21.5 Å². The largest absolute Gasteiger partial charge is 0.508 e. The number of hydrogen-bond donors (Lipinski definition) is 2. The Bertz CT molecular complexity index is 650. The Labute approximate surface area is 118 Å². The summed E-state index contributed by atoms with van der Waals surface area (Å²) < 4.78 is 5.20. The highest BCUT2D eigenvalue weighted by Crippen LogP contribution is 2.23. The van der Waals surface area contributed by atoms with E-state index in [9.17, 15) is 9.90 Å². The molecule has 0 radical (unpaired) electrons. The summed E-state index contributed by atoms with van der Waals surface area (Å²) in [4.78, 5) is 12.1. The number of hydrogen-bond acceptors (Lipinski definition) is 3. The van der Waals surface area contributed by atoms with E-state index in [-0.39, 0.29) is 11.7 Å². The van der Waals surface area contributed by atoms with Gasteiger partial charge in [0.25, 0.3) is 5.91 Å². The minimum absolute atomic E-state index is 0.157. The van der Waals surface area contributed by atoms with Crippen LogP contribution in [0.15, 0.2) is 36.4 Å². The van der Waals surface area contributed by atoms with Crippen molar-refractivity contribution in [1.82, 2.24) is 0 Å². The fourth-order valence-electron chi connectivity index (χ4n) is 1.85. The highest BCUT2D eigenvalue weighted by Gasteiger charge is 2.09. The fraction of sp³-hybridized carbons (Fsp3) is 0.188. The van der Waals surface area contributed by atoms with E-state index in [1.54, 1.807) is 38.3 Å². The number of nitrogens with one attached hydrogen (secondary N) is 1. The van der Waals surface area contributed by atoms with Crippen LogP contribution in [-0.4, -0.2) is 18.1 Å². The number of phenolic OH excluding ortho intramolecular Hbond substituents is 1. The Kier molecular flexibility index (Phi) is 3.94. The van der Waals surface area contributed by atoms with Gasteiger partial charge in [0.1, 0.15) is 11.5 Å². The molecule has 0 fully saturated rings. The van der Waals surface area contributed by atoms with Gasteiger partial charge in [0.15, 0.2) is 0 Å². The summed E-state index contributed by atoms with van der Waals surface area (Å²) in [5.74, 6) is 0.584. The number of phenols is 1. The first-order valence-electron chi connectivity index (χ1n) is 6.27. The molecule has 0 aromatic heterocycles. The Morgan fingerprint density at radius 1 is 1.10 bits per heavy atom. The maximum Gasteiger partial charge on any atom is 0.255 e. The number of rotatable bonds is 3. The Morgan fingerprint density at radius 3 is 2.45 bits per heavy atom. The van der Waals surface area contributed by atoms with E-state index in [1.165, 1.54) is 6.07 Å². The lowest BCUT2D eigenvalue weighted by atomic mass is 10.1. The summed E-state index contributed by atoms with van der Waals surface area (Å²) in [6, 6.07) is 10.3. The second kappa shape index (κ2) is 5.65. The van der Waals surface area contributed by atoms with E-state index in [0.717, 1.165) is 11.1 Å². The van der Waals surface area contributed by atoms with Crippen molar-refractivity contribution in [1.29, 1.82) is 0 Å². The molecule has 0 spiro atoms. The van der Waals surface area contributed by atoms with Gasteiger partial charge in [0.2, 0.25) is 0 Å². The van der Waals surface area contributed by atoms with Gasteiger partial charge >= 0.3 is 0 Å². The van der Waals surface area contributed by atoms with E-state index in [0.29, 0.717) is 17.0 Å². The average molecular weight is 271 g/mol. The van der Waals surface area contributed by atoms with Crippen molar-refractivity contribution in [2.24, 2.45) is 0 Å². The monoisotopic (exact) mass is 271 g/mol. The summed E-state index contributed by atoms with van der Waals surface area (Å²) in [6.45, 7) is 3.71. The normalized spacial score (nSPS) is 10.2. The zero-order chi connectivity index (χ0) is 14.7. The quantitative estimate of drug-likeness (QED) is 0.900. The van der Waals surface area contributed by atoms with Gasteiger partial charge in [0.05, 0.1) is 7.11 Å². The molecule has 2 aromatic carbocycles. The van der Waals surface area contributed by atoms with Crippen molar-refractivity contribution >= 4 is 11.6 Å². The van der Waals surface area contributed by atoms with Gasteiger partial charge in [-0.3, -0.25) is 4.79 Å². The summed E-state index contributed by atoms with van der Waals surface area (Å²) in [5, 5.41) is 12.4. The lowest BCUT2D eigenvalue weighted by molar-refractivity contribution is 0.102. The first kappa shape index (κ1) is 13.9. The van der Waals surface area contributed by atoms with Crippen molar-refractivity contribution < 1.29 is 14.6 Å². The molecule has 0 aliphatic heterocycles. The van der Waals surface area contributed by atoms with Gasteiger partial charge in [0, 0.05) is 17.3 Å². The van der Waals surface area contributed by atoms with Crippen molar-refractivity contribution in [2.75, 3.05) is 12.4 Å². The molecule has 1 amide bonds. The average Bonchev–Trinajstić information content (AvgIpc) is 2.43. The Balaban J connectivity index is 2.21. The van der Waals surface area contributed by atoms with Gasteiger partial charge in [-0.05, 0) is 43.2 Å². The molecule has 0 aliphatic rings. The van der Waals surface area contributed by atoms with Gasteiger partial charge in [-0.2, -0.15) is 0 Å². The summed E-state index contributed by atoms with van der Waals surface area (Å²) in [7, 11) is 1.57. The molecule has 2 aromatic rings. The Morgan fingerprint density at radius 2 is 1.80 bits per heavy atom. The number of carbonyl (C=O) groups excluding carboxylic acids is 1. The van der Waals surface area contributed by atoms with Crippen LogP contribution in [0.5, 0.6) is 11.5 Å². The predicted octanol–water partition coefficient (Wildman–Crippen LogP) is 3.27. The molecule has 4 heteroatoms. The van der Waals surface area contributed by atoms with Crippen LogP contribution in [0, 0.1) is 13.8 Å². The maximum absolute atomic E-state index is 12.1. The van der Waals surface area contributed by atoms with Crippen LogP contribution in [-0.2, 0) is 0 Å². The third-order valence-electron chi connectivity index (χ3n) is 3.14. The van der Waals surface area contributed by atoms with E-state index in [2.05, 4.69) is 5.32 Å². The highest BCUT2D eigenvalue weighted by atomic mass is 16.5. The predicted molar refractivity (Wildman–Crippen MR) is 78.5 cm³/mol. The zero-order valence-electron chi connectivity index (χ0n) is 11.7. The zero-order valence-corrected chi connectivity index (χ0v) is 11.7. The van der Waals surface area contributed by atoms with E-state index < -0.39 is 0 Å². The number of ether oxygens (including phenoxy) is 1. The summed E-state index contributed by atoms with van der Waals surface area (Å²) in [5.41, 5.74) is 2.79. The molecule has 20 heavy (non-hydrogen) atoms. The lowest BCUT2D eigenvalue weighted by Gasteiger charge is -2.09. The molecule has 0 unspecified atom stereocenters. The minimum Gasteiger partial charge on any atom is -0.508 e. The number of methoxy groups -OCH3 is 1. The second-order valence-corrected chi connectivity index (χ2v) is 4.64. The maximum atomic E-state index is 12.1. The molecule has 104 valence electrons. The van der Waals surface area contributed by atoms with Crippen LogP contribution in [0.25, 0.3) is 0 Å². The molecule has 0 heterocycles. The molecule has 0 atom stereocenters. The molecular weight excluding hydrogens is 254 g/mol. The van der Waals surface area contributed by atoms with Crippen molar-refractivity contribution in [3.05, 3.63) is 53.1 Å². The van der Waals surface area contributed by atoms with Gasteiger partial charge in [-0.15, -0.1) is 0 Å². The SMILES string of the molecule is COc1cc(C(=O)Nc2ccc(C)c(O)c2)ccc1C. The first-order valence-corrected chi connectivity index (χ1v) is 6.27. The Hall–Kier alpha value is -2.49. The van der Waals surface area contributed by atoms with Gasteiger partial charge < -0.3 is 15.2 Å². The van der Waals surface area contributed by atoms with E-state index >= 15 is 0 Å². The number of amides is 1. The first-order chi connectivity index (χ1) is 9.51. The third-order valence-corrected chi connectivity index (χ3v) is 3.14. The fourth-order valence-corrected chi connectivity index (χ4v) is 1.85. The second-order valence-electron chi connectivity index (χ2n) is 4.64. The van der Waals surface area contributed by atoms with Crippen LogP contribution < -0.4 is 10.1 Å². The summed E-state index contributed by atoms with van der Waals surface area (Å²) in [6.07, 6.45) is 0. The number of benzene rings is 2. The molecular formula is C16H17NO3.